The van der Waals surface area contributed by atoms with Crippen LogP contribution in [0.3, 0.4) is 0 Å². The first-order valence-electron chi connectivity index (χ1n) is 17.1. The number of hydrogen-bond donors (Lipinski definition) is 0. The van der Waals surface area contributed by atoms with Crippen molar-refractivity contribution in [2.45, 2.75) is 52.9 Å². The lowest BCUT2D eigenvalue weighted by Gasteiger charge is -2.19. The predicted octanol–water partition coefficient (Wildman–Crippen LogP) is 9.73. The van der Waals surface area contributed by atoms with Gasteiger partial charge in [0, 0.05) is 36.3 Å². The summed E-state index contributed by atoms with van der Waals surface area (Å²) in [6.07, 6.45) is 4.61. The van der Waals surface area contributed by atoms with E-state index in [1.807, 2.05) is 36.4 Å². The maximum absolute atomic E-state index is 13.6. The van der Waals surface area contributed by atoms with Gasteiger partial charge in [-0.1, -0.05) is 52.0 Å². The van der Waals surface area contributed by atoms with Gasteiger partial charge < -0.3 is 18.9 Å². The minimum absolute atomic E-state index is 0.0491. The Labute approximate surface area is 284 Å². The van der Waals surface area contributed by atoms with Crippen molar-refractivity contribution in [1.29, 1.82) is 0 Å². The number of benzene rings is 4. The van der Waals surface area contributed by atoms with Crippen LogP contribution in [0.5, 0.6) is 11.5 Å². The largest absolute Gasteiger partial charge is 0.494 e. The fourth-order valence-corrected chi connectivity index (χ4v) is 5.94. The molecule has 5 aromatic rings. The molecule has 0 amide bonds. The van der Waals surface area contributed by atoms with Gasteiger partial charge in [0.15, 0.2) is 0 Å². The van der Waals surface area contributed by atoms with Crippen molar-refractivity contribution in [1.82, 2.24) is 14.5 Å². The molecule has 4 aromatic carbocycles. The third-order valence-corrected chi connectivity index (χ3v) is 8.64. The zero-order valence-electron chi connectivity index (χ0n) is 28.5. The van der Waals surface area contributed by atoms with Crippen molar-refractivity contribution >= 4 is 0 Å². The molecule has 0 unspecified atom stereocenters. The summed E-state index contributed by atoms with van der Waals surface area (Å²) < 4.78 is 41.6. The molecule has 0 radical (unpaired) electrons. The van der Waals surface area contributed by atoms with E-state index in [-0.39, 0.29) is 17.6 Å². The smallest absolute Gasteiger partial charge is 0.123 e. The van der Waals surface area contributed by atoms with Crippen LogP contribution >= 0.6 is 0 Å². The van der Waals surface area contributed by atoms with Gasteiger partial charge in [0.05, 0.1) is 18.9 Å². The van der Waals surface area contributed by atoms with Crippen molar-refractivity contribution in [3.05, 3.63) is 132 Å². The molecule has 0 bridgehead atoms. The molecular weight excluding hydrogens is 604 g/mol. The first-order valence-corrected chi connectivity index (χ1v) is 17.1. The Morgan fingerprint density at radius 3 is 1.79 bits per heavy atom. The number of halogens is 2. The second-order valence-corrected chi connectivity index (χ2v) is 12.6. The molecule has 5 rings (SSSR count). The zero-order chi connectivity index (χ0) is 33.9. The van der Waals surface area contributed by atoms with Crippen LogP contribution in [0, 0.1) is 17.6 Å². The van der Waals surface area contributed by atoms with E-state index in [1.54, 1.807) is 24.3 Å². The minimum Gasteiger partial charge on any atom is -0.494 e. The molecular formula is C41H47F2N3O2. The zero-order valence-corrected chi connectivity index (χ0v) is 28.5. The van der Waals surface area contributed by atoms with E-state index in [2.05, 4.69) is 55.5 Å². The van der Waals surface area contributed by atoms with E-state index in [0.29, 0.717) is 25.6 Å². The average molecular weight is 652 g/mol. The third kappa shape index (κ3) is 9.54. The molecule has 0 N–H and O–H groups in total. The molecule has 0 fully saturated rings. The van der Waals surface area contributed by atoms with E-state index >= 15 is 0 Å². The monoisotopic (exact) mass is 651 g/mol. The van der Waals surface area contributed by atoms with Crippen LogP contribution in [-0.2, 0) is 6.42 Å². The number of ether oxygens (including phenoxy) is 2. The number of nitrogens with zero attached hydrogens (tertiary/aromatic N) is 3. The molecule has 0 spiro atoms. The van der Waals surface area contributed by atoms with Crippen molar-refractivity contribution in [3.8, 4) is 28.4 Å². The number of imidazole rings is 1. The topological polar surface area (TPSA) is 39.5 Å². The van der Waals surface area contributed by atoms with Gasteiger partial charge in [-0.05, 0) is 116 Å². The summed E-state index contributed by atoms with van der Waals surface area (Å²) in [6.45, 7) is 13.1. The maximum Gasteiger partial charge on any atom is 0.123 e. The molecule has 1 aromatic heterocycles. The van der Waals surface area contributed by atoms with E-state index in [9.17, 15) is 8.78 Å². The van der Waals surface area contributed by atoms with Crippen LogP contribution in [-0.4, -0.2) is 47.3 Å². The van der Waals surface area contributed by atoms with Gasteiger partial charge in [-0.25, -0.2) is 13.8 Å². The van der Waals surface area contributed by atoms with E-state index in [0.717, 1.165) is 77.9 Å². The average Bonchev–Trinajstić information content (AvgIpc) is 3.51. The van der Waals surface area contributed by atoms with Crippen molar-refractivity contribution in [2.24, 2.45) is 5.92 Å². The van der Waals surface area contributed by atoms with E-state index in [4.69, 9.17) is 14.5 Å². The van der Waals surface area contributed by atoms with Gasteiger partial charge in [0.25, 0.3) is 0 Å². The summed E-state index contributed by atoms with van der Waals surface area (Å²) in [5, 5.41) is 0. The molecule has 0 aliphatic carbocycles. The highest BCUT2D eigenvalue weighted by Crippen LogP contribution is 2.30. The highest BCUT2D eigenvalue weighted by molar-refractivity contribution is 5.61. The Morgan fingerprint density at radius 1 is 0.708 bits per heavy atom. The fourth-order valence-electron chi connectivity index (χ4n) is 5.94. The van der Waals surface area contributed by atoms with Crippen LogP contribution in [0.2, 0.25) is 0 Å². The van der Waals surface area contributed by atoms with Crippen LogP contribution in [0.25, 0.3) is 16.9 Å². The number of hydrogen-bond acceptors (Lipinski definition) is 4. The predicted molar refractivity (Wildman–Crippen MR) is 190 cm³/mol. The summed E-state index contributed by atoms with van der Waals surface area (Å²) >= 11 is 0. The van der Waals surface area contributed by atoms with Crippen molar-refractivity contribution in [3.63, 3.8) is 0 Å². The standard InChI is InChI=1S/C41H47F2N3O2/c1-5-45(6-2)25-7-26-47-38-22-18-36(19-23-38)46-29-40(44-41(46)28-30(3)4)33-12-20-37(21-13-33)48-27-24-39(31-8-14-34(42)15-9-31)32-10-16-35(43)17-11-32/h8-23,29-30,39H,5-7,24-28H2,1-4H3. The first kappa shape index (κ1) is 34.8. The summed E-state index contributed by atoms with van der Waals surface area (Å²) in [5.41, 5.74) is 4.89. The molecule has 0 saturated heterocycles. The first-order chi connectivity index (χ1) is 23.3. The Bertz CT molecular complexity index is 1630. The molecule has 0 aliphatic heterocycles. The normalized spacial score (nSPS) is 11.5. The highest BCUT2D eigenvalue weighted by atomic mass is 19.1. The molecule has 252 valence electrons. The van der Waals surface area contributed by atoms with Crippen molar-refractivity contribution < 1.29 is 18.3 Å². The number of rotatable bonds is 17. The summed E-state index contributed by atoms with van der Waals surface area (Å²) in [6, 6.07) is 29.2. The van der Waals surface area contributed by atoms with Gasteiger partial charge in [-0.3, -0.25) is 0 Å². The van der Waals surface area contributed by atoms with Crippen LogP contribution in [0.4, 0.5) is 8.78 Å². The highest BCUT2D eigenvalue weighted by Gasteiger charge is 2.16. The Balaban J connectivity index is 1.23. The van der Waals surface area contributed by atoms with Crippen LogP contribution < -0.4 is 9.47 Å². The van der Waals surface area contributed by atoms with Gasteiger partial charge >= 0.3 is 0 Å². The molecule has 0 saturated carbocycles. The molecule has 1 heterocycles. The maximum atomic E-state index is 13.6. The van der Waals surface area contributed by atoms with Gasteiger partial charge in [-0.2, -0.15) is 0 Å². The molecule has 0 atom stereocenters. The van der Waals surface area contributed by atoms with Crippen molar-refractivity contribution in [2.75, 3.05) is 32.8 Å². The summed E-state index contributed by atoms with van der Waals surface area (Å²) in [7, 11) is 0. The second-order valence-electron chi connectivity index (χ2n) is 12.6. The van der Waals surface area contributed by atoms with Gasteiger partial charge in [-0.15, -0.1) is 0 Å². The Morgan fingerprint density at radius 2 is 1.25 bits per heavy atom. The van der Waals surface area contributed by atoms with Crippen LogP contribution in [0.1, 0.15) is 63.4 Å². The van der Waals surface area contributed by atoms with Gasteiger partial charge in [0.2, 0.25) is 0 Å². The van der Waals surface area contributed by atoms with E-state index in [1.165, 1.54) is 24.3 Å². The molecule has 5 nitrogen and oxygen atoms in total. The third-order valence-electron chi connectivity index (χ3n) is 8.64. The molecule has 48 heavy (non-hydrogen) atoms. The number of aromatic nitrogens is 2. The Kier molecular flexibility index (Phi) is 12.4. The second kappa shape index (κ2) is 17.1. The van der Waals surface area contributed by atoms with E-state index < -0.39 is 0 Å². The fraction of sp³-hybridized carbons (Fsp3) is 0.341. The van der Waals surface area contributed by atoms with Gasteiger partial charge in [0.1, 0.15) is 29.0 Å². The molecule has 7 heteroatoms. The summed E-state index contributed by atoms with van der Waals surface area (Å²) in [5.74, 6) is 2.49. The lowest BCUT2D eigenvalue weighted by atomic mass is 9.89. The lowest BCUT2D eigenvalue weighted by molar-refractivity contribution is 0.249. The quantitative estimate of drug-likeness (QED) is 0.0939. The lowest BCUT2D eigenvalue weighted by Crippen LogP contribution is -2.25. The van der Waals surface area contributed by atoms with Crippen LogP contribution in [0.15, 0.2) is 103 Å². The molecule has 0 aliphatic rings. The summed E-state index contributed by atoms with van der Waals surface area (Å²) in [4.78, 5) is 7.45. The minimum atomic E-state index is -0.283. The Hall–Kier alpha value is -4.49. The SMILES string of the molecule is CCN(CC)CCCOc1ccc(-n2cc(-c3ccc(OCCC(c4ccc(F)cc4)c4ccc(F)cc4)cc3)nc2CC(C)C)cc1.